The number of carbonyl (C=O) groups excluding carboxylic acids is 1. The molecule has 1 aromatic rings. The molecule has 2 atom stereocenters. The van der Waals surface area contributed by atoms with Crippen LogP contribution in [0.3, 0.4) is 0 Å². The molecule has 0 aliphatic carbocycles. The molecule has 4 rings (SSSR count). The summed E-state index contributed by atoms with van der Waals surface area (Å²) < 4.78 is 0. The summed E-state index contributed by atoms with van der Waals surface area (Å²) in [5.74, 6) is 1.31. The Hall–Kier alpha value is -0.750. The fourth-order valence-electron chi connectivity index (χ4n) is 3.85. The monoisotopic (exact) mass is 353 g/mol. The number of carbonyl (C=O) groups is 1. The van der Waals surface area contributed by atoms with Crippen molar-refractivity contribution >= 4 is 30.1 Å². The van der Waals surface area contributed by atoms with Crippen LogP contribution in [-0.4, -0.2) is 66.8 Å². The lowest BCUT2D eigenvalue weighted by atomic mass is 9.99. The van der Waals surface area contributed by atoms with Gasteiger partial charge in [-0.2, -0.15) is 0 Å². The number of nitrogens with zero attached hydrogens (tertiary/aromatic N) is 2. The van der Waals surface area contributed by atoms with Gasteiger partial charge in [0.25, 0.3) is 0 Å². The van der Waals surface area contributed by atoms with E-state index in [1.54, 1.807) is 0 Å². The van der Waals surface area contributed by atoms with Crippen LogP contribution in [0.5, 0.6) is 0 Å². The van der Waals surface area contributed by atoms with Crippen molar-refractivity contribution in [3.05, 3.63) is 29.8 Å². The zero-order valence-corrected chi connectivity index (χ0v) is 14.9. The van der Waals surface area contributed by atoms with Gasteiger partial charge in [-0.25, -0.2) is 0 Å². The highest BCUT2D eigenvalue weighted by Gasteiger charge is 2.34. The summed E-state index contributed by atoms with van der Waals surface area (Å²) in [5, 5.41) is 3.43. The molecule has 0 radical (unpaired) electrons. The van der Waals surface area contributed by atoms with E-state index in [-0.39, 0.29) is 18.3 Å². The highest BCUT2D eigenvalue weighted by atomic mass is 35.5. The van der Waals surface area contributed by atoms with Crippen LogP contribution < -0.4 is 5.32 Å². The zero-order valence-electron chi connectivity index (χ0n) is 13.2. The first-order chi connectivity index (χ1) is 10.8. The second kappa shape index (κ2) is 7.43. The maximum Gasteiger partial charge on any atom is 0.231 e. The smallest absolute Gasteiger partial charge is 0.231 e. The molecule has 126 valence electrons. The van der Waals surface area contributed by atoms with Crippen LogP contribution in [0.25, 0.3) is 0 Å². The Morgan fingerprint density at radius 2 is 1.96 bits per heavy atom. The largest absolute Gasteiger partial charge is 0.340 e. The number of nitrogens with one attached hydrogen (secondary N) is 1. The average Bonchev–Trinajstić information content (AvgIpc) is 3.24. The van der Waals surface area contributed by atoms with Crippen molar-refractivity contribution in [3.63, 3.8) is 0 Å². The predicted octanol–water partition coefficient (Wildman–Crippen LogP) is 1.80. The van der Waals surface area contributed by atoms with Gasteiger partial charge in [0.05, 0.1) is 5.92 Å². The van der Waals surface area contributed by atoms with E-state index in [1.807, 2.05) is 11.8 Å². The van der Waals surface area contributed by atoms with Crippen LogP contribution in [0, 0.1) is 0 Å². The van der Waals surface area contributed by atoms with Crippen molar-refractivity contribution in [1.29, 1.82) is 0 Å². The van der Waals surface area contributed by atoms with Crippen molar-refractivity contribution in [2.45, 2.75) is 23.3 Å². The fourth-order valence-corrected chi connectivity index (χ4v) is 5.07. The van der Waals surface area contributed by atoms with Crippen LogP contribution >= 0.6 is 24.2 Å². The summed E-state index contributed by atoms with van der Waals surface area (Å²) >= 11 is 1.82. The summed E-state index contributed by atoms with van der Waals surface area (Å²) in [6.45, 7) is 6.08. The Bertz CT molecular complexity index is 557. The number of piperazine rings is 1. The van der Waals surface area contributed by atoms with E-state index in [0.717, 1.165) is 45.0 Å². The van der Waals surface area contributed by atoms with E-state index in [9.17, 15) is 4.79 Å². The third-order valence-corrected chi connectivity index (χ3v) is 6.36. The summed E-state index contributed by atoms with van der Waals surface area (Å²) in [6.07, 6.45) is 1.25. The van der Waals surface area contributed by atoms with Gasteiger partial charge >= 0.3 is 0 Å². The van der Waals surface area contributed by atoms with Crippen molar-refractivity contribution in [1.82, 2.24) is 15.1 Å². The van der Waals surface area contributed by atoms with E-state index < -0.39 is 0 Å². The first-order valence-corrected chi connectivity index (χ1v) is 9.27. The van der Waals surface area contributed by atoms with E-state index >= 15 is 0 Å². The van der Waals surface area contributed by atoms with Gasteiger partial charge < -0.3 is 10.2 Å². The van der Waals surface area contributed by atoms with Crippen LogP contribution in [0.15, 0.2) is 29.2 Å². The van der Waals surface area contributed by atoms with Crippen molar-refractivity contribution in [2.24, 2.45) is 0 Å². The summed E-state index contributed by atoms with van der Waals surface area (Å²) in [4.78, 5) is 18.8. The van der Waals surface area contributed by atoms with E-state index in [2.05, 4.69) is 39.4 Å². The molecular weight excluding hydrogens is 330 g/mol. The number of hydrogen-bond donors (Lipinski definition) is 1. The molecule has 3 aliphatic rings. The minimum Gasteiger partial charge on any atom is -0.340 e. The number of amides is 1. The molecule has 3 heterocycles. The molecule has 0 saturated carbocycles. The van der Waals surface area contributed by atoms with Gasteiger partial charge in [0.1, 0.15) is 0 Å². The maximum absolute atomic E-state index is 12.9. The predicted molar refractivity (Wildman–Crippen MR) is 96.6 cm³/mol. The number of thioether (sulfide) groups is 1. The van der Waals surface area contributed by atoms with E-state index in [1.165, 1.54) is 16.9 Å². The van der Waals surface area contributed by atoms with E-state index in [4.69, 9.17) is 0 Å². The standard InChI is InChI=1S/C17H23N3OS.ClH/c21-17(15-12-22-16-4-2-1-3-14(15)16)20-9-7-19(8-10-20)13-5-6-18-11-13;/h1-4,13,15,18H,5-12H2;1H. The molecule has 0 aromatic heterocycles. The minimum absolute atomic E-state index is 0. The third-order valence-electron chi connectivity index (χ3n) is 5.17. The lowest BCUT2D eigenvalue weighted by molar-refractivity contribution is -0.134. The summed E-state index contributed by atoms with van der Waals surface area (Å²) in [6, 6.07) is 9.06. The normalized spacial score (nSPS) is 27.6. The maximum atomic E-state index is 12.9. The Labute approximate surface area is 148 Å². The quantitative estimate of drug-likeness (QED) is 0.879. The van der Waals surface area contributed by atoms with Gasteiger partial charge in [0.2, 0.25) is 5.91 Å². The molecule has 23 heavy (non-hydrogen) atoms. The van der Waals surface area contributed by atoms with Crippen molar-refractivity contribution < 1.29 is 4.79 Å². The van der Waals surface area contributed by atoms with Crippen LogP contribution in [-0.2, 0) is 4.79 Å². The second-order valence-electron chi connectivity index (χ2n) is 6.41. The van der Waals surface area contributed by atoms with Gasteiger partial charge in [-0.3, -0.25) is 9.69 Å². The fraction of sp³-hybridized carbons (Fsp3) is 0.588. The number of hydrogen-bond acceptors (Lipinski definition) is 4. The van der Waals surface area contributed by atoms with Crippen LogP contribution in [0.1, 0.15) is 17.9 Å². The molecule has 1 N–H and O–H groups in total. The Kier molecular flexibility index (Phi) is 5.52. The lowest BCUT2D eigenvalue weighted by Crippen LogP contribution is -2.53. The lowest BCUT2D eigenvalue weighted by Gasteiger charge is -2.38. The Morgan fingerprint density at radius 1 is 1.17 bits per heavy atom. The number of halogens is 1. The first-order valence-electron chi connectivity index (χ1n) is 8.28. The average molecular weight is 354 g/mol. The molecule has 0 bridgehead atoms. The zero-order chi connectivity index (χ0) is 14.9. The summed E-state index contributed by atoms with van der Waals surface area (Å²) in [5.41, 5.74) is 1.24. The van der Waals surface area contributed by atoms with Crippen LogP contribution in [0.4, 0.5) is 0 Å². The second-order valence-corrected chi connectivity index (χ2v) is 7.47. The topological polar surface area (TPSA) is 35.6 Å². The third kappa shape index (κ3) is 3.38. The van der Waals surface area contributed by atoms with Gasteiger partial charge in [-0.1, -0.05) is 18.2 Å². The molecule has 2 fully saturated rings. The molecule has 4 nitrogen and oxygen atoms in total. The van der Waals surface area contributed by atoms with Gasteiger partial charge in [-0.05, 0) is 24.6 Å². The van der Waals surface area contributed by atoms with Crippen molar-refractivity contribution in [3.8, 4) is 0 Å². The van der Waals surface area contributed by atoms with Gasteiger partial charge in [0.15, 0.2) is 0 Å². The van der Waals surface area contributed by atoms with Gasteiger partial charge in [-0.15, -0.1) is 24.2 Å². The number of fused-ring (bicyclic) bond motifs is 1. The first kappa shape index (κ1) is 17.1. The van der Waals surface area contributed by atoms with Gasteiger partial charge in [0, 0.05) is 49.4 Å². The molecule has 0 spiro atoms. The molecule has 1 aromatic carbocycles. The molecule has 3 aliphatic heterocycles. The Balaban J connectivity index is 0.00000156. The van der Waals surface area contributed by atoms with E-state index in [0.29, 0.717) is 11.9 Å². The number of benzene rings is 1. The van der Waals surface area contributed by atoms with Crippen molar-refractivity contribution in [2.75, 3.05) is 45.0 Å². The number of rotatable bonds is 2. The Morgan fingerprint density at radius 3 is 2.70 bits per heavy atom. The highest BCUT2D eigenvalue weighted by Crippen LogP contribution is 2.40. The molecular formula is C17H24ClN3OS. The molecule has 6 heteroatoms. The highest BCUT2D eigenvalue weighted by molar-refractivity contribution is 7.99. The molecule has 2 saturated heterocycles. The SMILES string of the molecule is Cl.O=C(C1CSc2ccccc21)N1CCN(C2CCNC2)CC1. The molecule has 1 amide bonds. The van der Waals surface area contributed by atoms with Crippen LogP contribution in [0.2, 0.25) is 0 Å². The molecule has 2 unspecified atom stereocenters. The minimum atomic E-state index is 0. The summed E-state index contributed by atoms with van der Waals surface area (Å²) in [7, 11) is 0.